The number of benzene rings is 1. The summed E-state index contributed by atoms with van der Waals surface area (Å²) in [5.74, 6) is -1.32. The van der Waals surface area contributed by atoms with Crippen LogP contribution in [-0.2, 0) is 21.3 Å². The Labute approximate surface area is 108 Å². The summed E-state index contributed by atoms with van der Waals surface area (Å²) in [6.07, 6.45) is 0.316. The molecule has 0 spiro atoms. The Bertz CT molecular complexity index is 429. The minimum absolute atomic E-state index is 0.00423. The Morgan fingerprint density at radius 1 is 1.41 bits per heavy atom. The Hall–Kier alpha value is -1.36. The van der Waals surface area contributed by atoms with Crippen LogP contribution in [-0.4, -0.2) is 24.2 Å². The summed E-state index contributed by atoms with van der Waals surface area (Å²) in [6.45, 7) is 0. The Morgan fingerprint density at radius 2 is 2.12 bits per heavy atom. The monoisotopic (exact) mass is 300 g/mol. The van der Waals surface area contributed by atoms with Crippen LogP contribution in [0.25, 0.3) is 0 Å². The van der Waals surface area contributed by atoms with Gasteiger partial charge in [0.05, 0.1) is 12.7 Å². The van der Waals surface area contributed by atoms with Crippen LogP contribution in [0.1, 0.15) is 27.9 Å². The third kappa shape index (κ3) is 3.85. The summed E-state index contributed by atoms with van der Waals surface area (Å²) in [7, 11) is 1.31. The Kier molecular flexibility index (Phi) is 5.15. The molecule has 17 heavy (non-hydrogen) atoms. The van der Waals surface area contributed by atoms with E-state index < -0.39 is 11.9 Å². The summed E-state index contributed by atoms with van der Waals surface area (Å²) < 4.78 is 4.66. The summed E-state index contributed by atoms with van der Waals surface area (Å²) >= 11 is 3.32. The molecule has 92 valence electrons. The van der Waals surface area contributed by atoms with Gasteiger partial charge in [-0.25, -0.2) is 4.79 Å². The first-order valence-electron chi connectivity index (χ1n) is 5.06. The van der Waals surface area contributed by atoms with Gasteiger partial charge in [-0.15, -0.1) is 0 Å². The predicted molar refractivity (Wildman–Crippen MR) is 66.4 cm³/mol. The quantitative estimate of drug-likeness (QED) is 0.670. The maximum absolute atomic E-state index is 11.5. The number of carboxylic acids is 1. The van der Waals surface area contributed by atoms with Crippen molar-refractivity contribution in [3.8, 4) is 0 Å². The van der Waals surface area contributed by atoms with Gasteiger partial charge in [0.2, 0.25) is 0 Å². The largest absolute Gasteiger partial charge is 0.481 e. The molecule has 1 aromatic rings. The first-order chi connectivity index (χ1) is 8.08. The van der Waals surface area contributed by atoms with Gasteiger partial charge in [0, 0.05) is 11.8 Å². The molecule has 4 nitrogen and oxygen atoms in total. The van der Waals surface area contributed by atoms with Crippen LogP contribution in [0.2, 0.25) is 0 Å². The molecule has 0 aliphatic carbocycles. The highest BCUT2D eigenvalue weighted by atomic mass is 79.9. The number of aliphatic carboxylic acids is 1. The zero-order valence-corrected chi connectivity index (χ0v) is 11.0. The molecule has 0 unspecified atom stereocenters. The molecule has 0 aliphatic rings. The van der Waals surface area contributed by atoms with Crippen LogP contribution in [0.4, 0.5) is 0 Å². The number of hydrogen-bond acceptors (Lipinski definition) is 3. The van der Waals surface area contributed by atoms with Crippen molar-refractivity contribution >= 4 is 27.9 Å². The topological polar surface area (TPSA) is 63.6 Å². The lowest BCUT2D eigenvalue weighted by Crippen LogP contribution is -2.08. The fourth-order valence-corrected chi connectivity index (χ4v) is 1.84. The fourth-order valence-electron chi connectivity index (χ4n) is 1.49. The number of esters is 1. The number of alkyl halides is 1. The third-order valence-electron chi connectivity index (χ3n) is 2.34. The van der Waals surface area contributed by atoms with E-state index in [-0.39, 0.29) is 6.42 Å². The number of carboxylic acid groups (broad SMARTS) is 1. The molecule has 0 radical (unpaired) electrons. The third-order valence-corrected chi connectivity index (χ3v) is 2.98. The molecular formula is C12H13BrO4. The number of rotatable bonds is 5. The van der Waals surface area contributed by atoms with Crippen LogP contribution < -0.4 is 0 Å². The highest BCUT2D eigenvalue weighted by Gasteiger charge is 2.13. The van der Waals surface area contributed by atoms with Crippen LogP contribution >= 0.6 is 15.9 Å². The van der Waals surface area contributed by atoms with Crippen LogP contribution in [0, 0.1) is 0 Å². The van der Waals surface area contributed by atoms with E-state index in [2.05, 4.69) is 20.7 Å². The predicted octanol–water partition coefficient (Wildman–Crippen LogP) is 2.39. The minimum atomic E-state index is -0.884. The van der Waals surface area contributed by atoms with Crippen molar-refractivity contribution in [2.45, 2.75) is 18.2 Å². The maximum atomic E-state index is 11.5. The smallest absolute Gasteiger partial charge is 0.338 e. The van der Waals surface area contributed by atoms with Gasteiger partial charge >= 0.3 is 11.9 Å². The number of halogens is 1. The van der Waals surface area contributed by atoms with Crippen LogP contribution in [0.5, 0.6) is 0 Å². The second-order valence-electron chi connectivity index (χ2n) is 3.51. The van der Waals surface area contributed by atoms with E-state index in [0.717, 1.165) is 5.56 Å². The number of aryl methyl sites for hydroxylation is 1. The average Bonchev–Trinajstić information content (AvgIpc) is 2.34. The van der Waals surface area contributed by atoms with Gasteiger partial charge in [-0.2, -0.15) is 0 Å². The minimum Gasteiger partial charge on any atom is -0.481 e. The van der Waals surface area contributed by atoms with Crippen molar-refractivity contribution in [1.82, 2.24) is 0 Å². The van der Waals surface area contributed by atoms with Crippen LogP contribution in [0.3, 0.4) is 0 Å². The molecule has 0 aliphatic heterocycles. The number of carbonyl (C=O) groups excluding carboxylic acids is 1. The molecule has 0 bridgehead atoms. The molecular weight excluding hydrogens is 288 g/mol. The molecule has 1 rings (SSSR count). The lowest BCUT2D eigenvalue weighted by Gasteiger charge is -2.08. The maximum Gasteiger partial charge on any atom is 0.338 e. The van der Waals surface area contributed by atoms with Crippen molar-refractivity contribution in [2.24, 2.45) is 0 Å². The molecule has 1 N–H and O–H groups in total. The van der Waals surface area contributed by atoms with Gasteiger partial charge in [-0.3, -0.25) is 4.79 Å². The van der Waals surface area contributed by atoms with Gasteiger partial charge in [0.25, 0.3) is 0 Å². The Balaban J connectivity index is 3.02. The highest BCUT2D eigenvalue weighted by Crippen LogP contribution is 2.17. The first kappa shape index (κ1) is 13.7. The second kappa shape index (κ2) is 6.39. The van der Waals surface area contributed by atoms with Crippen molar-refractivity contribution < 1.29 is 19.4 Å². The van der Waals surface area contributed by atoms with Crippen molar-refractivity contribution in [3.63, 3.8) is 0 Å². The first-order valence-corrected chi connectivity index (χ1v) is 6.18. The number of hydrogen-bond donors (Lipinski definition) is 1. The summed E-state index contributed by atoms with van der Waals surface area (Å²) in [4.78, 5) is 22.0. The molecule has 0 amide bonds. The zero-order valence-electron chi connectivity index (χ0n) is 9.40. The molecule has 1 aromatic carbocycles. The second-order valence-corrected chi connectivity index (χ2v) is 4.07. The Morgan fingerprint density at radius 3 is 2.65 bits per heavy atom. The van der Waals surface area contributed by atoms with Crippen molar-refractivity contribution in [3.05, 3.63) is 34.9 Å². The van der Waals surface area contributed by atoms with E-state index in [0.29, 0.717) is 22.9 Å². The van der Waals surface area contributed by atoms with Gasteiger partial charge in [-0.1, -0.05) is 28.1 Å². The molecule has 0 aromatic heterocycles. The SMILES string of the molecule is COC(=O)c1ccc(CBr)cc1CCC(=O)O. The summed E-state index contributed by atoms with van der Waals surface area (Å²) in [5, 5.41) is 9.32. The van der Waals surface area contributed by atoms with Crippen molar-refractivity contribution in [1.29, 1.82) is 0 Å². The normalized spacial score (nSPS) is 10.0. The van der Waals surface area contributed by atoms with Gasteiger partial charge in [0.1, 0.15) is 0 Å². The van der Waals surface area contributed by atoms with E-state index in [1.54, 1.807) is 6.07 Å². The lowest BCUT2D eigenvalue weighted by molar-refractivity contribution is -0.136. The number of methoxy groups -OCH3 is 1. The standard InChI is InChI=1S/C12H13BrO4/c1-17-12(16)10-4-2-8(7-13)6-9(10)3-5-11(14)15/h2,4,6H,3,5,7H2,1H3,(H,14,15). The van der Waals surface area contributed by atoms with Gasteiger partial charge in [-0.05, 0) is 23.6 Å². The van der Waals surface area contributed by atoms with Crippen LogP contribution in [0.15, 0.2) is 18.2 Å². The molecule has 0 saturated carbocycles. The number of ether oxygens (including phenoxy) is 1. The summed E-state index contributed by atoms with van der Waals surface area (Å²) in [6, 6.07) is 5.30. The molecule has 0 fully saturated rings. The molecule has 0 saturated heterocycles. The van der Waals surface area contributed by atoms with E-state index in [1.807, 2.05) is 12.1 Å². The zero-order chi connectivity index (χ0) is 12.8. The van der Waals surface area contributed by atoms with E-state index in [4.69, 9.17) is 5.11 Å². The van der Waals surface area contributed by atoms with Crippen molar-refractivity contribution in [2.75, 3.05) is 7.11 Å². The summed E-state index contributed by atoms with van der Waals surface area (Å²) in [5.41, 5.74) is 2.13. The lowest BCUT2D eigenvalue weighted by atomic mass is 10.0. The fraction of sp³-hybridized carbons (Fsp3) is 0.333. The number of carbonyl (C=O) groups is 2. The molecule has 5 heteroatoms. The average molecular weight is 301 g/mol. The van der Waals surface area contributed by atoms with Gasteiger partial charge < -0.3 is 9.84 Å². The van der Waals surface area contributed by atoms with E-state index >= 15 is 0 Å². The van der Waals surface area contributed by atoms with E-state index in [9.17, 15) is 9.59 Å². The van der Waals surface area contributed by atoms with Gasteiger partial charge in [0.15, 0.2) is 0 Å². The van der Waals surface area contributed by atoms with E-state index in [1.165, 1.54) is 7.11 Å². The molecule has 0 heterocycles. The highest BCUT2D eigenvalue weighted by molar-refractivity contribution is 9.08. The molecule has 0 atom stereocenters.